The Hall–Kier alpha value is -0.830. The molecule has 0 unspecified atom stereocenters. The van der Waals surface area contributed by atoms with Crippen LogP contribution in [0.1, 0.15) is 5.69 Å². The highest BCUT2D eigenvalue weighted by Crippen LogP contribution is 1.90. The number of hydrogen-bond donors (Lipinski definition) is 1. The van der Waals surface area contributed by atoms with Crippen LogP contribution in [-0.2, 0) is 6.61 Å². The summed E-state index contributed by atoms with van der Waals surface area (Å²) >= 11 is 0. The van der Waals surface area contributed by atoms with E-state index < -0.39 is 0 Å². The quantitative estimate of drug-likeness (QED) is 0.545. The van der Waals surface area contributed by atoms with Crippen molar-refractivity contribution in [2.75, 3.05) is 0 Å². The topological polar surface area (TPSA) is 46.3 Å². The molecule has 3 heteroatoms. The second-order valence-corrected chi connectivity index (χ2v) is 1.15. The molecule has 0 radical (unpaired) electrons. The summed E-state index contributed by atoms with van der Waals surface area (Å²) in [7, 11) is 0. The number of nitrogens with zero attached hydrogens (tertiary/aromatic N) is 1. The number of hydrogen-bond acceptors (Lipinski definition) is 3. The molecular formula is C4H5NO2. The minimum absolute atomic E-state index is 0.0451. The van der Waals surface area contributed by atoms with Gasteiger partial charge in [0, 0.05) is 6.07 Å². The Morgan fingerprint density at radius 2 is 2.71 bits per heavy atom. The van der Waals surface area contributed by atoms with E-state index >= 15 is 0 Å². The molecule has 0 atom stereocenters. The van der Waals surface area contributed by atoms with Crippen LogP contribution in [0.5, 0.6) is 0 Å². The molecule has 0 spiro atoms. The zero-order valence-electron chi connectivity index (χ0n) is 3.66. The average Bonchev–Trinajstić information content (AvgIpc) is 2.14. The highest BCUT2D eigenvalue weighted by atomic mass is 16.5. The average molecular weight is 99.1 g/mol. The molecule has 0 saturated heterocycles. The van der Waals surface area contributed by atoms with Crippen molar-refractivity contribution in [3.63, 3.8) is 0 Å². The van der Waals surface area contributed by atoms with Gasteiger partial charge in [0.15, 0.2) is 0 Å². The van der Waals surface area contributed by atoms with E-state index in [0.29, 0.717) is 5.69 Å². The third-order valence-electron chi connectivity index (χ3n) is 0.653. The van der Waals surface area contributed by atoms with Crippen LogP contribution in [-0.4, -0.2) is 10.3 Å². The lowest BCUT2D eigenvalue weighted by Gasteiger charge is -1.75. The molecule has 38 valence electrons. The second-order valence-electron chi connectivity index (χ2n) is 1.15. The van der Waals surface area contributed by atoms with Gasteiger partial charge >= 0.3 is 0 Å². The molecule has 1 heterocycles. The van der Waals surface area contributed by atoms with E-state index in [4.69, 9.17) is 5.11 Å². The van der Waals surface area contributed by atoms with Gasteiger partial charge in [0.1, 0.15) is 12.0 Å². The van der Waals surface area contributed by atoms with E-state index in [0.717, 1.165) is 0 Å². The molecule has 3 nitrogen and oxygen atoms in total. The summed E-state index contributed by atoms with van der Waals surface area (Å²) in [6.45, 7) is -0.0451. The molecular weight excluding hydrogens is 94.0 g/mol. The third kappa shape index (κ3) is 0.778. The fraction of sp³-hybridized carbons (Fsp3) is 0.250. The van der Waals surface area contributed by atoms with Crippen molar-refractivity contribution in [1.82, 2.24) is 5.16 Å². The van der Waals surface area contributed by atoms with Crippen molar-refractivity contribution in [2.24, 2.45) is 0 Å². The molecule has 0 aliphatic carbocycles. The summed E-state index contributed by atoms with van der Waals surface area (Å²) in [5.74, 6) is 0. The van der Waals surface area contributed by atoms with Crippen LogP contribution in [0.2, 0.25) is 0 Å². The summed E-state index contributed by atoms with van der Waals surface area (Å²) in [6.07, 6.45) is 1.42. The lowest BCUT2D eigenvalue weighted by Crippen LogP contribution is -1.77. The van der Waals surface area contributed by atoms with Crippen molar-refractivity contribution in [2.45, 2.75) is 6.61 Å². The molecule has 1 aromatic rings. The highest BCUT2D eigenvalue weighted by Gasteiger charge is 1.87. The summed E-state index contributed by atoms with van der Waals surface area (Å²) in [5, 5.41) is 11.7. The molecule has 1 aromatic heterocycles. The lowest BCUT2D eigenvalue weighted by atomic mass is 10.5. The molecule has 0 aliphatic heterocycles. The van der Waals surface area contributed by atoms with Crippen molar-refractivity contribution in [1.29, 1.82) is 0 Å². The Morgan fingerprint density at radius 3 is 3.00 bits per heavy atom. The van der Waals surface area contributed by atoms with Gasteiger partial charge in [0.2, 0.25) is 0 Å². The van der Waals surface area contributed by atoms with Crippen LogP contribution < -0.4 is 0 Å². The third-order valence-corrected chi connectivity index (χ3v) is 0.653. The van der Waals surface area contributed by atoms with E-state index in [1.807, 2.05) is 0 Å². The van der Waals surface area contributed by atoms with Crippen LogP contribution in [0.3, 0.4) is 0 Å². The summed E-state index contributed by atoms with van der Waals surface area (Å²) < 4.78 is 4.40. The summed E-state index contributed by atoms with van der Waals surface area (Å²) in [4.78, 5) is 0. The molecule has 7 heavy (non-hydrogen) atoms. The molecule has 0 aliphatic rings. The zero-order chi connectivity index (χ0) is 5.11. The molecule has 0 bridgehead atoms. The largest absolute Gasteiger partial charge is 0.390 e. The monoisotopic (exact) mass is 99.0 g/mol. The van der Waals surface area contributed by atoms with Gasteiger partial charge in [-0.2, -0.15) is 0 Å². The Balaban J connectivity index is 2.76. The normalized spacial score (nSPS) is 9.29. The van der Waals surface area contributed by atoms with Gasteiger partial charge in [0.05, 0.1) is 6.61 Å². The van der Waals surface area contributed by atoms with Gasteiger partial charge in [-0.3, -0.25) is 0 Å². The minimum atomic E-state index is -0.0451. The number of aliphatic hydroxyl groups is 1. The SMILES string of the molecule is OCc1ccon1. The van der Waals surface area contributed by atoms with E-state index in [-0.39, 0.29) is 6.61 Å². The molecule has 0 saturated carbocycles. The van der Waals surface area contributed by atoms with Gasteiger partial charge in [-0.1, -0.05) is 5.16 Å². The first-order valence-electron chi connectivity index (χ1n) is 1.93. The highest BCUT2D eigenvalue weighted by molar-refractivity contribution is 4.91. The first-order chi connectivity index (χ1) is 3.43. The summed E-state index contributed by atoms with van der Waals surface area (Å²) in [6, 6.07) is 1.61. The Kier molecular flexibility index (Phi) is 1.08. The van der Waals surface area contributed by atoms with Gasteiger partial charge in [-0.25, -0.2) is 0 Å². The van der Waals surface area contributed by atoms with Crippen molar-refractivity contribution in [3.8, 4) is 0 Å². The van der Waals surface area contributed by atoms with E-state index in [2.05, 4.69) is 9.68 Å². The maximum absolute atomic E-state index is 8.30. The Bertz CT molecular complexity index is 124. The predicted molar refractivity (Wildman–Crippen MR) is 22.4 cm³/mol. The Morgan fingerprint density at radius 1 is 1.86 bits per heavy atom. The molecule has 1 rings (SSSR count). The van der Waals surface area contributed by atoms with Crippen LogP contribution >= 0.6 is 0 Å². The number of aromatic nitrogens is 1. The lowest BCUT2D eigenvalue weighted by molar-refractivity contribution is 0.266. The number of aliphatic hydroxyl groups excluding tert-OH is 1. The smallest absolute Gasteiger partial charge is 0.124 e. The van der Waals surface area contributed by atoms with E-state index in [9.17, 15) is 0 Å². The zero-order valence-corrected chi connectivity index (χ0v) is 3.66. The summed E-state index contributed by atoms with van der Waals surface area (Å²) in [5.41, 5.74) is 0.569. The minimum Gasteiger partial charge on any atom is -0.390 e. The fourth-order valence-corrected chi connectivity index (χ4v) is 0.319. The molecule has 0 aromatic carbocycles. The van der Waals surface area contributed by atoms with Gasteiger partial charge in [0.25, 0.3) is 0 Å². The number of rotatable bonds is 1. The van der Waals surface area contributed by atoms with Crippen molar-refractivity contribution in [3.05, 3.63) is 18.0 Å². The van der Waals surface area contributed by atoms with E-state index in [1.54, 1.807) is 6.07 Å². The second kappa shape index (κ2) is 1.75. The van der Waals surface area contributed by atoms with Crippen LogP contribution in [0, 0.1) is 0 Å². The maximum Gasteiger partial charge on any atom is 0.124 e. The predicted octanol–water partition coefficient (Wildman–Crippen LogP) is 0.167. The first-order valence-corrected chi connectivity index (χ1v) is 1.93. The van der Waals surface area contributed by atoms with Crippen molar-refractivity contribution >= 4 is 0 Å². The van der Waals surface area contributed by atoms with Crippen LogP contribution in [0.4, 0.5) is 0 Å². The molecule has 0 amide bonds. The molecule has 1 N–H and O–H groups in total. The molecule has 0 fully saturated rings. The standard InChI is InChI=1S/C4H5NO2/c6-3-4-1-2-7-5-4/h1-2,6H,3H2. The fourth-order valence-electron chi connectivity index (χ4n) is 0.319. The van der Waals surface area contributed by atoms with Crippen LogP contribution in [0.25, 0.3) is 0 Å². The Labute approximate surface area is 40.6 Å². The van der Waals surface area contributed by atoms with E-state index in [1.165, 1.54) is 6.26 Å². The van der Waals surface area contributed by atoms with Crippen LogP contribution in [0.15, 0.2) is 16.9 Å². The van der Waals surface area contributed by atoms with Gasteiger partial charge in [-0.15, -0.1) is 0 Å². The maximum atomic E-state index is 8.30. The first kappa shape index (κ1) is 4.33. The van der Waals surface area contributed by atoms with Gasteiger partial charge < -0.3 is 9.63 Å². The van der Waals surface area contributed by atoms with Gasteiger partial charge in [-0.05, 0) is 0 Å². The van der Waals surface area contributed by atoms with Crippen molar-refractivity contribution < 1.29 is 9.63 Å².